The first-order valence-electron chi connectivity index (χ1n) is 10.4. The molecule has 0 fully saturated rings. The Kier molecular flexibility index (Phi) is 6.42. The second-order valence-corrected chi connectivity index (χ2v) is 8.05. The second-order valence-electron chi connectivity index (χ2n) is 7.62. The van der Waals surface area contributed by atoms with Crippen molar-refractivity contribution in [2.45, 2.75) is 32.1 Å². The summed E-state index contributed by atoms with van der Waals surface area (Å²) in [6.45, 7) is 2.19. The fourth-order valence-corrected chi connectivity index (χ4v) is 4.36. The van der Waals surface area contributed by atoms with E-state index in [1.165, 1.54) is 0 Å². The van der Waals surface area contributed by atoms with Gasteiger partial charge in [-0.05, 0) is 49.6 Å². The highest BCUT2D eigenvalue weighted by molar-refractivity contribution is 6.30. The van der Waals surface area contributed by atoms with Crippen molar-refractivity contribution in [3.63, 3.8) is 0 Å². The molecule has 2 aliphatic rings. The number of benzene rings is 2. The maximum atomic E-state index is 13.1. The Labute approximate surface area is 186 Å². The van der Waals surface area contributed by atoms with Crippen LogP contribution in [-0.4, -0.2) is 25.0 Å². The molecule has 5 nitrogen and oxygen atoms in total. The summed E-state index contributed by atoms with van der Waals surface area (Å²) in [5.41, 5.74) is 3.49. The molecule has 0 bridgehead atoms. The van der Waals surface area contributed by atoms with E-state index < -0.39 is 11.9 Å². The van der Waals surface area contributed by atoms with E-state index in [2.05, 4.69) is 5.32 Å². The predicted molar refractivity (Wildman–Crippen MR) is 119 cm³/mol. The monoisotopic (exact) mass is 437 g/mol. The third-order valence-corrected chi connectivity index (χ3v) is 5.74. The number of carbonyl (C=O) groups excluding carboxylic acids is 2. The Hall–Kier alpha value is -3.05. The summed E-state index contributed by atoms with van der Waals surface area (Å²) in [4.78, 5) is 26.0. The number of rotatable bonds is 6. The van der Waals surface area contributed by atoms with E-state index in [1.807, 2.05) is 55.5 Å². The summed E-state index contributed by atoms with van der Waals surface area (Å²) in [5, 5.41) is 3.84. The molecule has 1 heterocycles. The van der Waals surface area contributed by atoms with E-state index in [4.69, 9.17) is 21.1 Å². The Balaban J connectivity index is 1.56. The predicted octanol–water partition coefficient (Wildman–Crippen LogP) is 4.93. The van der Waals surface area contributed by atoms with Gasteiger partial charge in [0.15, 0.2) is 5.78 Å². The molecule has 6 heteroatoms. The van der Waals surface area contributed by atoms with Crippen LogP contribution in [0.5, 0.6) is 5.75 Å². The van der Waals surface area contributed by atoms with Crippen molar-refractivity contribution >= 4 is 23.4 Å². The van der Waals surface area contributed by atoms with Gasteiger partial charge in [-0.1, -0.05) is 41.9 Å². The SMILES string of the molecule is CC1=C(C(=O)OCCOc2ccccc2)C(c2cccc(Cl)c2)C2=C(CCCC2=O)N1. The number of carbonyl (C=O) groups is 2. The first-order valence-corrected chi connectivity index (χ1v) is 10.8. The summed E-state index contributed by atoms with van der Waals surface area (Å²) in [7, 11) is 0. The minimum atomic E-state index is -0.495. The average molecular weight is 438 g/mol. The molecule has 1 aliphatic carbocycles. The van der Waals surface area contributed by atoms with Crippen LogP contribution in [0.25, 0.3) is 0 Å². The van der Waals surface area contributed by atoms with Crippen molar-refractivity contribution in [1.29, 1.82) is 0 Å². The highest BCUT2D eigenvalue weighted by Crippen LogP contribution is 2.42. The summed E-state index contributed by atoms with van der Waals surface area (Å²) in [6, 6.07) is 16.7. The van der Waals surface area contributed by atoms with Crippen LogP contribution in [0.1, 0.15) is 37.7 Å². The molecule has 2 aromatic rings. The fourth-order valence-electron chi connectivity index (χ4n) is 4.16. The van der Waals surface area contributed by atoms with Crippen LogP contribution in [0.4, 0.5) is 0 Å². The van der Waals surface area contributed by atoms with E-state index in [-0.39, 0.29) is 19.0 Å². The molecule has 160 valence electrons. The lowest BCUT2D eigenvalue weighted by atomic mass is 9.75. The third kappa shape index (κ3) is 4.67. The molecule has 0 spiro atoms. The van der Waals surface area contributed by atoms with E-state index in [0.717, 1.165) is 24.1 Å². The van der Waals surface area contributed by atoms with Crippen molar-refractivity contribution < 1.29 is 19.1 Å². The number of Topliss-reactive ketones (excluding diaryl/α,β-unsaturated/α-hetero) is 1. The maximum absolute atomic E-state index is 13.1. The summed E-state index contributed by atoms with van der Waals surface area (Å²) < 4.78 is 11.2. The van der Waals surface area contributed by atoms with E-state index in [9.17, 15) is 9.59 Å². The molecular formula is C25H24ClNO4. The Morgan fingerprint density at radius 3 is 2.68 bits per heavy atom. The zero-order valence-electron chi connectivity index (χ0n) is 17.3. The van der Waals surface area contributed by atoms with Gasteiger partial charge in [0.2, 0.25) is 0 Å². The van der Waals surface area contributed by atoms with Gasteiger partial charge in [-0.25, -0.2) is 4.79 Å². The van der Waals surface area contributed by atoms with Gasteiger partial charge in [0.1, 0.15) is 19.0 Å². The summed E-state index contributed by atoms with van der Waals surface area (Å²) >= 11 is 6.23. The van der Waals surface area contributed by atoms with Crippen LogP contribution >= 0.6 is 11.6 Å². The quantitative estimate of drug-likeness (QED) is 0.512. The molecule has 2 aromatic carbocycles. The van der Waals surface area contributed by atoms with Crippen molar-refractivity contribution in [2.24, 2.45) is 0 Å². The van der Waals surface area contributed by atoms with Crippen LogP contribution in [0, 0.1) is 0 Å². The lowest BCUT2D eigenvalue weighted by Crippen LogP contribution is -2.34. The van der Waals surface area contributed by atoms with Crippen LogP contribution in [0.3, 0.4) is 0 Å². The van der Waals surface area contributed by atoms with Crippen molar-refractivity contribution in [3.05, 3.63) is 87.7 Å². The highest BCUT2D eigenvalue weighted by atomic mass is 35.5. The molecule has 1 aliphatic heterocycles. The zero-order chi connectivity index (χ0) is 21.8. The smallest absolute Gasteiger partial charge is 0.336 e. The van der Waals surface area contributed by atoms with E-state index >= 15 is 0 Å². The van der Waals surface area contributed by atoms with Crippen molar-refractivity contribution in [1.82, 2.24) is 5.32 Å². The molecule has 0 saturated heterocycles. The van der Waals surface area contributed by atoms with E-state index in [0.29, 0.717) is 34.0 Å². The number of para-hydroxylation sites is 1. The standard InChI is InChI=1S/C25H24ClNO4/c1-16-22(25(29)31-14-13-30-19-9-3-2-4-10-19)23(17-7-5-8-18(26)15-17)24-20(27-16)11-6-12-21(24)28/h2-5,7-10,15,23,27H,6,11-14H2,1H3. The molecular weight excluding hydrogens is 414 g/mol. The number of allylic oxidation sites excluding steroid dienone is 3. The third-order valence-electron chi connectivity index (χ3n) is 5.51. The lowest BCUT2D eigenvalue weighted by molar-refractivity contribution is -0.140. The molecule has 1 atom stereocenters. The van der Waals surface area contributed by atoms with Gasteiger partial charge in [-0.3, -0.25) is 4.79 Å². The number of hydrogen-bond donors (Lipinski definition) is 1. The summed E-state index contributed by atoms with van der Waals surface area (Å²) in [6.07, 6.45) is 2.06. The van der Waals surface area contributed by atoms with Crippen LogP contribution < -0.4 is 10.1 Å². The van der Waals surface area contributed by atoms with Gasteiger partial charge in [-0.2, -0.15) is 0 Å². The van der Waals surface area contributed by atoms with Gasteiger partial charge in [0, 0.05) is 34.3 Å². The largest absolute Gasteiger partial charge is 0.490 e. The molecule has 31 heavy (non-hydrogen) atoms. The van der Waals surface area contributed by atoms with Gasteiger partial charge in [-0.15, -0.1) is 0 Å². The first-order chi connectivity index (χ1) is 15.0. The molecule has 0 radical (unpaired) electrons. The van der Waals surface area contributed by atoms with E-state index in [1.54, 1.807) is 6.07 Å². The zero-order valence-corrected chi connectivity index (χ0v) is 18.1. The number of ketones is 1. The number of nitrogens with one attached hydrogen (secondary N) is 1. The van der Waals surface area contributed by atoms with Crippen molar-refractivity contribution in [3.8, 4) is 5.75 Å². The molecule has 0 amide bonds. The number of hydrogen-bond acceptors (Lipinski definition) is 5. The van der Waals surface area contributed by atoms with Crippen molar-refractivity contribution in [2.75, 3.05) is 13.2 Å². The number of halogens is 1. The van der Waals surface area contributed by atoms with Gasteiger partial charge >= 0.3 is 5.97 Å². The number of ether oxygens (including phenoxy) is 2. The molecule has 1 N–H and O–H groups in total. The topological polar surface area (TPSA) is 64.6 Å². The lowest BCUT2D eigenvalue weighted by Gasteiger charge is -2.34. The van der Waals surface area contributed by atoms with Crippen LogP contribution in [0.15, 0.2) is 77.1 Å². The minimum absolute atomic E-state index is 0.0592. The second kappa shape index (κ2) is 9.40. The fraction of sp³-hybridized carbons (Fsp3) is 0.280. The Morgan fingerprint density at radius 1 is 1.10 bits per heavy atom. The highest BCUT2D eigenvalue weighted by Gasteiger charge is 2.39. The number of esters is 1. The van der Waals surface area contributed by atoms with Crippen LogP contribution in [0.2, 0.25) is 5.02 Å². The molecule has 0 saturated carbocycles. The molecule has 1 unspecified atom stereocenters. The summed E-state index contributed by atoms with van der Waals surface area (Å²) in [5.74, 6) is -0.182. The Bertz CT molecular complexity index is 1060. The average Bonchev–Trinajstić information content (AvgIpc) is 2.76. The van der Waals surface area contributed by atoms with Gasteiger partial charge in [0.25, 0.3) is 0 Å². The first kappa shape index (κ1) is 21.2. The molecule has 4 rings (SSSR count). The molecule has 0 aromatic heterocycles. The Morgan fingerprint density at radius 2 is 1.90 bits per heavy atom. The van der Waals surface area contributed by atoms with Gasteiger partial charge < -0.3 is 14.8 Å². The van der Waals surface area contributed by atoms with Crippen LogP contribution in [-0.2, 0) is 14.3 Å². The normalized spacial score (nSPS) is 18.4. The minimum Gasteiger partial charge on any atom is -0.490 e. The maximum Gasteiger partial charge on any atom is 0.336 e. The van der Waals surface area contributed by atoms with Gasteiger partial charge in [0.05, 0.1) is 5.57 Å². The number of dihydropyridines is 1.